The van der Waals surface area contributed by atoms with Gasteiger partial charge in [-0.15, -0.1) is 0 Å². The van der Waals surface area contributed by atoms with Gasteiger partial charge in [-0.25, -0.2) is 4.39 Å². The number of methoxy groups -OCH3 is 1. The maximum absolute atomic E-state index is 13.7. The Kier molecular flexibility index (Phi) is 6.08. The van der Waals surface area contributed by atoms with E-state index in [-0.39, 0.29) is 18.1 Å². The molecule has 0 spiro atoms. The van der Waals surface area contributed by atoms with Gasteiger partial charge in [-0.3, -0.25) is 24.5 Å². The molecule has 5 rings (SSSR count). The van der Waals surface area contributed by atoms with Crippen molar-refractivity contribution >= 4 is 23.0 Å². The van der Waals surface area contributed by atoms with E-state index in [2.05, 4.69) is 10.4 Å². The van der Waals surface area contributed by atoms with E-state index >= 15 is 0 Å². The highest BCUT2D eigenvalue weighted by Gasteiger charge is 2.34. The third-order valence-corrected chi connectivity index (χ3v) is 6.50. The first-order chi connectivity index (χ1) is 17.8. The van der Waals surface area contributed by atoms with E-state index in [1.54, 1.807) is 60.9 Å². The number of fused-ring (bicyclic) bond motifs is 1. The van der Waals surface area contributed by atoms with Crippen LogP contribution in [-0.4, -0.2) is 27.7 Å². The maximum atomic E-state index is 13.7. The lowest BCUT2D eigenvalue weighted by Gasteiger charge is -2.38. The van der Waals surface area contributed by atoms with E-state index in [9.17, 15) is 19.3 Å². The van der Waals surface area contributed by atoms with Gasteiger partial charge < -0.3 is 10.1 Å². The zero-order chi connectivity index (χ0) is 26.3. The quantitative estimate of drug-likeness (QED) is 0.281. The van der Waals surface area contributed by atoms with Gasteiger partial charge in [0.2, 0.25) is 0 Å². The van der Waals surface area contributed by atoms with Crippen LogP contribution < -0.4 is 15.0 Å². The minimum atomic E-state index is -0.604. The number of para-hydroxylation sites is 1. The Morgan fingerprint density at radius 1 is 1.11 bits per heavy atom. The second-order valence-corrected chi connectivity index (χ2v) is 8.75. The zero-order valence-corrected chi connectivity index (χ0v) is 20.4. The molecule has 10 heteroatoms. The fourth-order valence-corrected chi connectivity index (χ4v) is 4.71. The number of hydrogen-bond donors (Lipinski definition) is 1. The summed E-state index contributed by atoms with van der Waals surface area (Å²) < 4.78 is 20.8. The molecule has 3 aromatic carbocycles. The molecule has 1 aliphatic rings. The van der Waals surface area contributed by atoms with Gasteiger partial charge in [0.05, 0.1) is 24.1 Å². The molecule has 0 aliphatic carbocycles. The second kappa shape index (κ2) is 9.38. The molecule has 37 heavy (non-hydrogen) atoms. The maximum Gasteiger partial charge on any atom is 0.312 e. The van der Waals surface area contributed by atoms with Gasteiger partial charge in [-0.05, 0) is 67.9 Å². The van der Waals surface area contributed by atoms with Crippen molar-refractivity contribution in [3.05, 3.63) is 111 Å². The van der Waals surface area contributed by atoms with Gasteiger partial charge in [0, 0.05) is 16.9 Å². The highest BCUT2D eigenvalue weighted by Crippen LogP contribution is 2.38. The van der Waals surface area contributed by atoms with Crippen LogP contribution in [0.15, 0.2) is 66.7 Å². The van der Waals surface area contributed by atoms with Gasteiger partial charge in [-0.1, -0.05) is 18.2 Å². The lowest BCUT2D eigenvalue weighted by Crippen LogP contribution is -2.43. The Morgan fingerprint density at radius 2 is 1.84 bits per heavy atom. The number of hydrogen-bond acceptors (Lipinski definition) is 6. The summed E-state index contributed by atoms with van der Waals surface area (Å²) in [5, 5.41) is 19.3. The first-order valence-electron chi connectivity index (χ1n) is 11.6. The van der Waals surface area contributed by atoms with Crippen molar-refractivity contribution in [2.24, 2.45) is 0 Å². The smallest absolute Gasteiger partial charge is 0.312 e. The van der Waals surface area contributed by atoms with Gasteiger partial charge >= 0.3 is 5.69 Å². The number of carbonyl (C=O) groups excluding carboxylic acids is 1. The number of ether oxygens (including phenoxy) is 1. The molecule has 1 aromatic heterocycles. The highest BCUT2D eigenvalue weighted by atomic mass is 19.1. The molecule has 1 atom stereocenters. The normalized spacial score (nSPS) is 14.8. The fraction of sp³-hybridized carbons (Fsp3) is 0.185. The predicted molar refractivity (Wildman–Crippen MR) is 136 cm³/mol. The molecule has 188 valence electrons. The lowest BCUT2D eigenvalue weighted by molar-refractivity contribution is -0.386. The van der Waals surface area contributed by atoms with Crippen molar-refractivity contribution in [1.29, 1.82) is 0 Å². The van der Waals surface area contributed by atoms with Crippen LogP contribution in [0.4, 0.5) is 21.5 Å². The summed E-state index contributed by atoms with van der Waals surface area (Å²) in [7, 11) is 1.55. The molecule has 1 amide bonds. The van der Waals surface area contributed by atoms with Crippen molar-refractivity contribution in [1.82, 2.24) is 9.78 Å². The minimum absolute atomic E-state index is 0.0197. The number of aromatic nitrogens is 2. The Bertz CT molecular complexity index is 1520. The number of nitro groups is 1. The van der Waals surface area contributed by atoms with E-state index in [0.717, 1.165) is 11.1 Å². The van der Waals surface area contributed by atoms with Crippen LogP contribution in [0.2, 0.25) is 0 Å². The summed E-state index contributed by atoms with van der Waals surface area (Å²) in [4.78, 5) is 26.2. The van der Waals surface area contributed by atoms with Gasteiger partial charge in [-0.2, -0.15) is 5.10 Å². The van der Waals surface area contributed by atoms with Gasteiger partial charge in [0.1, 0.15) is 29.1 Å². The van der Waals surface area contributed by atoms with E-state index in [1.165, 1.54) is 12.1 Å². The third-order valence-electron chi connectivity index (χ3n) is 6.50. The molecule has 0 unspecified atom stereocenters. The summed E-state index contributed by atoms with van der Waals surface area (Å²) in [6, 6.07) is 18.5. The lowest BCUT2D eigenvalue weighted by atomic mass is 10.0. The third kappa shape index (κ3) is 4.26. The van der Waals surface area contributed by atoms with Crippen LogP contribution >= 0.6 is 0 Å². The molecule has 0 fully saturated rings. The first-order valence-corrected chi connectivity index (χ1v) is 11.6. The monoisotopic (exact) mass is 501 g/mol. The summed E-state index contributed by atoms with van der Waals surface area (Å²) in [5.41, 5.74) is 3.94. The molecule has 4 aromatic rings. The largest absolute Gasteiger partial charge is 0.496 e. The van der Waals surface area contributed by atoms with Gasteiger partial charge in [0.25, 0.3) is 5.91 Å². The molecule has 2 heterocycles. The molecule has 0 radical (unpaired) electrons. The molecule has 1 N–H and O–H groups in total. The molecule has 0 saturated heterocycles. The number of benzene rings is 3. The average molecular weight is 502 g/mol. The Morgan fingerprint density at radius 3 is 2.51 bits per heavy atom. The van der Waals surface area contributed by atoms with Crippen molar-refractivity contribution in [2.75, 3.05) is 17.3 Å². The summed E-state index contributed by atoms with van der Waals surface area (Å²) in [5.74, 6) is -0.0452. The topological polar surface area (TPSA) is 103 Å². The molecule has 1 aliphatic heterocycles. The van der Waals surface area contributed by atoms with Crippen molar-refractivity contribution < 1.29 is 18.8 Å². The number of halogens is 1. The van der Waals surface area contributed by atoms with E-state index in [1.807, 2.05) is 24.3 Å². The summed E-state index contributed by atoms with van der Waals surface area (Å²) in [6.45, 7) is 3.49. The number of amides is 1. The number of anilines is 2. The summed E-state index contributed by atoms with van der Waals surface area (Å²) in [6.07, 6.45) is -0.604. The zero-order valence-electron chi connectivity index (χ0n) is 20.4. The highest BCUT2D eigenvalue weighted by molar-refractivity contribution is 6.12. The number of aryl methyl sites for hydroxylation is 1. The molecular formula is C27H24FN5O4. The average Bonchev–Trinajstić information content (AvgIpc) is 3.17. The van der Waals surface area contributed by atoms with Crippen LogP contribution in [0, 0.1) is 29.8 Å². The van der Waals surface area contributed by atoms with E-state index in [0.29, 0.717) is 34.1 Å². The Balaban J connectivity index is 1.60. The Labute approximate surface area is 212 Å². The first kappa shape index (κ1) is 24.0. The van der Waals surface area contributed by atoms with Crippen molar-refractivity contribution in [2.45, 2.75) is 26.6 Å². The minimum Gasteiger partial charge on any atom is -0.496 e. The predicted octanol–water partition coefficient (Wildman–Crippen LogP) is 5.38. The molecule has 9 nitrogen and oxygen atoms in total. The molecule has 0 bridgehead atoms. The van der Waals surface area contributed by atoms with Crippen LogP contribution in [0.5, 0.6) is 5.75 Å². The van der Waals surface area contributed by atoms with E-state index in [4.69, 9.17) is 4.74 Å². The van der Waals surface area contributed by atoms with Crippen molar-refractivity contribution in [3.63, 3.8) is 0 Å². The molecular weight excluding hydrogens is 477 g/mol. The second-order valence-electron chi connectivity index (χ2n) is 8.75. The number of carbonyl (C=O) groups is 1. The van der Waals surface area contributed by atoms with Crippen molar-refractivity contribution in [3.8, 4) is 5.75 Å². The Hall–Kier alpha value is -4.73. The number of nitrogens with zero attached hydrogens (tertiary/aromatic N) is 4. The van der Waals surface area contributed by atoms with Crippen LogP contribution in [0.25, 0.3) is 0 Å². The molecule has 0 saturated carbocycles. The SMILES string of the molecule is COc1ccc([C@@H]2Nc3ccccc3C(=O)N2c2ccc(F)cc2)cc1Cn1nc(C)c([N+](=O)[O-])c1C. The van der Waals surface area contributed by atoms with Crippen LogP contribution in [0.1, 0.15) is 39.0 Å². The fourth-order valence-electron chi connectivity index (χ4n) is 4.71. The summed E-state index contributed by atoms with van der Waals surface area (Å²) >= 11 is 0. The standard InChI is InChI=1S/C27H24FN5O4/c1-16-25(33(35)36)17(2)31(30-16)15-19-14-18(8-13-24(19)37-3)26-29-23-7-5-4-6-22(23)27(34)32(26)21-11-9-20(28)10-12-21/h4-14,26,29H,15H2,1-3H3/t26-/m1/s1. The van der Waals surface area contributed by atoms with E-state index < -0.39 is 16.9 Å². The van der Waals surface area contributed by atoms with Gasteiger partial charge in [0.15, 0.2) is 0 Å². The number of rotatable bonds is 6. The van der Waals surface area contributed by atoms with Crippen LogP contribution in [0.3, 0.4) is 0 Å². The number of nitrogens with one attached hydrogen (secondary N) is 1. The van der Waals surface area contributed by atoms with Crippen LogP contribution in [-0.2, 0) is 6.54 Å².